The lowest BCUT2D eigenvalue weighted by Gasteiger charge is -2.43. The Morgan fingerprint density at radius 1 is 1.10 bits per heavy atom. The van der Waals surface area contributed by atoms with E-state index in [2.05, 4.69) is 5.32 Å². The number of hydrogen-bond donors (Lipinski definition) is 1. The lowest BCUT2D eigenvalue weighted by molar-refractivity contribution is -0.137. The molecule has 2 aromatic carbocycles. The zero-order chi connectivity index (χ0) is 28.7. The number of aromatic nitrogens is 1. The van der Waals surface area contributed by atoms with E-state index in [0.29, 0.717) is 6.07 Å². The minimum absolute atomic E-state index is 0.0231. The van der Waals surface area contributed by atoms with Gasteiger partial charge in [-0.2, -0.15) is 0 Å². The average molecular weight is 551 g/mol. The minimum Gasteiger partial charge on any atom is -0.483 e. The van der Waals surface area contributed by atoms with Gasteiger partial charge >= 0.3 is 0 Å². The van der Waals surface area contributed by atoms with Crippen molar-refractivity contribution >= 4 is 17.7 Å². The van der Waals surface area contributed by atoms with Crippen LogP contribution in [-0.4, -0.2) is 51.7 Å². The molecule has 11 heteroatoms. The molecule has 0 saturated heterocycles. The summed E-state index contributed by atoms with van der Waals surface area (Å²) in [5, 5.41) is 2.53. The van der Waals surface area contributed by atoms with Crippen LogP contribution in [0.2, 0.25) is 0 Å². The fraction of sp³-hybridized carbons (Fsp3) is 0.310. The maximum absolute atomic E-state index is 14.2. The summed E-state index contributed by atoms with van der Waals surface area (Å²) in [4.78, 5) is 57.4. The Hall–Kier alpha value is -4.54. The van der Waals surface area contributed by atoms with Gasteiger partial charge in [0, 0.05) is 31.3 Å². The molecule has 3 heterocycles. The van der Waals surface area contributed by atoms with Crippen LogP contribution in [0.3, 0.4) is 0 Å². The normalized spacial score (nSPS) is 16.3. The van der Waals surface area contributed by atoms with Crippen LogP contribution in [0.5, 0.6) is 5.75 Å². The second-order valence-electron chi connectivity index (χ2n) is 10.2. The smallest absolute Gasteiger partial charge is 0.274 e. The molecule has 0 saturated carbocycles. The number of nitrogens with one attached hydrogen (secondary N) is 1. The van der Waals surface area contributed by atoms with E-state index >= 15 is 0 Å². The van der Waals surface area contributed by atoms with Crippen LogP contribution in [0.1, 0.15) is 57.6 Å². The Morgan fingerprint density at radius 2 is 1.82 bits per heavy atom. The number of carbonyl (C=O) groups is 3. The molecule has 5 rings (SSSR count). The summed E-state index contributed by atoms with van der Waals surface area (Å²) in [6, 6.07) is 10.8. The first-order valence-electron chi connectivity index (χ1n) is 12.8. The van der Waals surface area contributed by atoms with Crippen molar-refractivity contribution < 1.29 is 27.9 Å². The van der Waals surface area contributed by atoms with Crippen molar-refractivity contribution in [1.82, 2.24) is 19.7 Å². The molecule has 0 radical (unpaired) electrons. The van der Waals surface area contributed by atoms with Crippen LogP contribution in [0, 0.1) is 11.6 Å². The maximum atomic E-state index is 14.2. The summed E-state index contributed by atoms with van der Waals surface area (Å²) in [6.45, 7) is 3.21. The van der Waals surface area contributed by atoms with Crippen molar-refractivity contribution in [3.63, 3.8) is 0 Å². The Morgan fingerprint density at radius 3 is 2.50 bits per heavy atom. The lowest BCUT2D eigenvalue weighted by Crippen LogP contribution is -2.56. The first-order valence-corrected chi connectivity index (χ1v) is 12.8. The highest BCUT2D eigenvalue weighted by molar-refractivity contribution is 6.02. The average Bonchev–Trinajstić information content (AvgIpc) is 2.91. The zero-order valence-electron chi connectivity index (χ0n) is 22.2. The number of amides is 3. The number of pyridine rings is 1. The predicted octanol–water partition coefficient (Wildman–Crippen LogP) is 3.01. The standard InChI is InChI=1S/C29H28F2N4O5/c1-16(2)34-14-22-28(38)33(3)13-21-23(27(37)32-12-18-9-10-19(30)11-20(18)31)25(36)26(24(29(34)39)35(21)22)40-15-17-7-5-4-6-8-17/h4-11,16,22H,12-15H2,1-3H3,(H,32,37). The van der Waals surface area contributed by atoms with E-state index in [0.717, 1.165) is 11.6 Å². The van der Waals surface area contributed by atoms with E-state index in [1.165, 1.54) is 20.4 Å². The molecule has 0 bridgehead atoms. The van der Waals surface area contributed by atoms with Crippen LogP contribution in [0.4, 0.5) is 8.78 Å². The first-order chi connectivity index (χ1) is 19.1. The molecule has 0 fully saturated rings. The Bertz CT molecular complexity index is 1570. The van der Waals surface area contributed by atoms with Crippen molar-refractivity contribution in [3.8, 4) is 5.75 Å². The van der Waals surface area contributed by atoms with Crippen LogP contribution in [0.15, 0.2) is 53.3 Å². The number of hydrogen-bond acceptors (Lipinski definition) is 5. The number of likely N-dealkylation sites (N-methyl/N-ethyl adjacent to an activating group) is 1. The van der Waals surface area contributed by atoms with Gasteiger partial charge < -0.3 is 24.4 Å². The second-order valence-corrected chi connectivity index (χ2v) is 10.2. The number of benzene rings is 2. The highest BCUT2D eigenvalue weighted by atomic mass is 19.1. The van der Waals surface area contributed by atoms with Gasteiger partial charge in [0.05, 0.1) is 18.8 Å². The molecular formula is C29H28F2N4O5. The minimum atomic E-state index is -0.871. The van der Waals surface area contributed by atoms with E-state index in [-0.39, 0.29) is 66.5 Å². The first kappa shape index (κ1) is 27.0. The quantitative estimate of drug-likeness (QED) is 0.488. The number of rotatable bonds is 7. The predicted molar refractivity (Wildman–Crippen MR) is 141 cm³/mol. The van der Waals surface area contributed by atoms with Crippen LogP contribution in [0.25, 0.3) is 0 Å². The molecule has 0 spiro atoms. The molecule has 2 aliphatic rings. The molecule has 1 N–H and O–H groups in total. The van der Waals surface area contributed by atoms with Gasteiger partial charge in [-0.15, -0.1) is 0 Å². The largest absolute Gasteiger partial charge is 0.483 e. The molecule has 3 amide bonds. The number of nitrogens with zero attached hydrogens (tertiary/aromatic N) is 3. The molecule has 40 heavy (non-hydrogen) atoms. The molecular weight excluding hydrogens is 522 g/mol. The van der Waals surface area contributed by atoms with Gasteiger partial charge in [-0.1, -0.05) is 36.4 Å². The summed E-state index contributed by atoms with van der Waals surface area (Å²) in [5.41, 5.74) is -0.253. The Labute approximate surface area is 229 Å². The fourth-order valence-electron chi connectivity index (χ4n) is 5.12. The van der Waals surface area contributed by atoms with Gasteiger partial charge in [0.25, 0.3) is 11.8 Å². The molecule has 3 aromatic rings. The van der Waals surface area contributed by atoms with Gasteiger partial charge in [-0.3, -0.25) is 19.2 Å². The van der Waals surface area contributed by atoms with E-state index in [1.54, 1.807) is 31.3 Å². The van der Waals surface area contributed by atoms with Crippen molar-refractivity contribution in [2.45, 2.75) is 45.6 Å². The summed E-state index contributed by atoms with van der Waals surface area (Å²) in [6.07, 6.45) is 0. The van der Waals surface area contributed by atoms with Crippen molar-refractivity contribution in [2.75, 3.05) is 13.6 Å². The fourth-order valence-corrected chi connectivity index (χ4v) is 5.12. The van der Waals surface area contributed by atoms with Gasteiger partial charge in [0.15, 0.2) is 11.4 Å². The highest BCUT2D eigenvalue weighted by Crippen LogP contribution is 2.35. The second kappa shape index (κ2) is 10.6. The van der Waals surface area contributed by atoms with Crippen LogP contribution < -0.4 is 15.5 Å². The molecule has 208 valence electrons. The summed E-state index contributed by atoms with van der Waals surface area (Å²) in [7, 11) is 1.56. The zero-order valence-corrected chi connectivity index (χ0v) is 22.2. The van der Waals surface area contributed by atoms with E-state index in [9.17, 15) is 28.0 Å². The molecule has 1 aromatic heterocycles. The van der Waals surface area contributed by atoms with E-state index in [1.807, 2.05) is 19.9 Å². The molecule has 9 nitrogen and oxygen atoms in total. The topological polar surface area (TPSA) is 101 Å². The summed E-state index contributed by atoms with van der Waals surface area (Å²) in [5.74, 6) is -3.52. The third-order valence-corrected chi connectivity index (χ3v) is 7.19. The lowest BCUT2D eigenvalue weighted by atomic mass is 9.98. The third-order valence-electron chi connectivity index (χ3n) is 7.19. The SMILES string of the molecule is CC(C)N1CC2C(=O)N(C)Cc3c(C(=O)NCc4ccc(F)cc4F)c(=O)c(OCc4ccccc4)c(n32)C1=O. The van der Waals surface area contributed by atoms with Crippen molar-refractivity contribution in [1.29, 1.82) is 0 Å². The van der Waals surface area contributed by atoms with Gasteiger partial charge in [-0.25, -0.2) is 8.78 Å². The van der Waals surface area contributed by atoms with E-state index in [4.69, 9.17) is 4.74 Å². The monoisotopic (exact) mass is 550 g/mol. The Kier molecular flexibility index (Phi) is 7.14. The van der Waals surface area contributed by atoms with E-state index < -0.39 is 34.9 Å². The molecule has 1 unspecified atom stereocenters. The van der Waals surface area contributed by atoms with Crippen LogP contribution in [-0.2, 0) is 24.5 Å². The Balaban J connectivity index is 1.64. The number of ether oxygens (including phenoxy) is 1. The summed E-state index contributed by atoms with van der Waals surface area (Å²) >= 11 is 0. The number of carbonyl (C=O) groups excluding carboxylic acids is 3. The van der Waals surface area contributed by atoms with Crippen molar-refractivity contribution in [2.24, 2.45) is 0 Å². The van der Waals surface area contributed by atoms with Gasteiger partial charge in [0.2, 0.25) is 11.3 Å². The van der Waals surface area contributed by atoms with Gasteiger partial charge in [0.1, 0.15) is 29.8 Å². The van der Waals surface area contributed by atoms with Crippen molar-refractivity contribution in [3.05, 3.63) is 98.5 Å². The summed E-state index contributed by atoms with van der Waals surface area (Å²) < 4.78 is 35.0. The molecule has 2 aliphatic heterocycles. The highest BCUT2D eigenvalue weighted by Gasteiger charge is 2.45. The number of halogens is 2. The maximum Gasteiger partial charge on any atom is 0.274 e. The van der Waals surface area contributed by atoms with Crippen LogP contribution >= 0.6 is 0 Å². The molecule has 0 aliphatic carbocycles. The van der Waals surface area contributed by atoms with Gasteiger partial charge in [-0.05, 0) is 25.5 Å². The molecule has 1 atom stereocenters. The third kappa shape index (κ3) is 4.72.